The topological polar surface area (TPSA) is 63.2 Å². The first-order valence-corrected chi connectivity index (χ1v) is 10.3. The van der Waals surface area contributed by atoms with Crippen LogP contribution < -0.4 is 5.32 Å². The van der Waals surface area contributed by atoms with E-state index in [4.69, 9.17) is 23.2 Å². The lowest BCUT2D eigenvalue weighted by Crippen LogP contribution is -2.47. The number of hydrogen-bond donors (Lipinski definition) is 1. The molecule has 30 heavy (non-hydrogen) atoms. The molecule has 3 atom stereocenters. The number of rotatable bonds is 0. The predicted molar refractivity (Wildman–Crippen MR) is 113 cm³/mol. The summed E-state index contributed by atoms with van der Waals surface area (Å²) in [6, 6.07) is 10.5. The second-order valence-electron chi connectivity index (χ2n) is 7.86. The molecule has 4 nitrogen and oxygen atoms in total. The van der Waals surface area contributed by atoms with Crippen molar-refractivity contribution in [3.63, 3.8) is 0 Å². The van der Waals surface area contributed by atoms with Crippen LogP contribution in [0.25, 0.3) is 5.57 Å². The minimum atomic E-state index is -1.25. The van der Waals surface area contributed by atoms with Crippen LogP contribution in [0.3, 0.4) is 0 Å². The molecule has 2 aromatic carbocycles. The average Bonchev–Trinajstić information content (AvgIpc) is 3.20. The van der Waals surface area contributed by atoms with Crippen LogP contribution in [-0.4, -0.2) is 17.5 Å². The first-order chi connectivity index (χ1) is 14.4. The van der Waals surface area contributed by atoms with Crippen LogP contribution >= 0.6 is 23.2 Å². The number of halogens is 2. The molecule has 6 heteroatoms. The summed E-state index contributed by atoms with van der Waals surface area (Å²) in [5.41, 5.74) is 1.74. The Bertz CT molecular complexity index is 1320. The minimum Gasteiger partial charge on any atom is -0.334 e. The first-order valence-electron chi connectivity index (χ1n) is 9.55. The van der Waals surface area contributed by atoms with Gasteiger partial charge in [-0.05, 0) is 23.3 Å². The molecule has 0 aromatic heterocycles. The van der Waals surface area contributed by atoms with Gasteiger partial charge in [0, 0.05) is 22.3 Å². The monoisotopic (exact) mass is 433 g/mol. The van der Waals surface area contributed by atoms with E-state index in [0.717, 1.165) is 0 Å². The van der Waals surface area contributed by atoms with Crippen molar-refractivity contribution in [2.45, 2.75) is 5.54 Å². The van der Waals surface area contributed by atoms with Gasteiger partial charge in [-0.25, -0.2) is 0 Å². The van der Waals surface area contributed by atoms with Gasteiger partial charge in [-0.15, -0.1) is 0 Å². The van der Waals surface area contributed by atoms with Gasteiger partial charge in [0.1, 0.15) is 5.54 Å². The molecule has 0 radical (unpaired) electrons. The van der Waals surface area contributed by atoms with E-state index >= 15 is 0 Å². The Balaban J connectivity index is 1.73. The summed E-state index contributed by atoms with van der Waals surface area (Å²) in [7, 11) is 0. The molecule has 1 amide bonds. The maximum Gasteiger partial charge on any atom is 0.252 e. The van der Waals surface area contributed by atoms with Gasteiger partial charge in [-0.3, -0.25) is 14.4 Å². The molecular formula is C24H13Cl2NO3. The summed E-state index contributed by atoms with van der Waals surface area (Å²) < 4.78 is 0. The first kappa shape index (κ1) is 17.9. The lowest BCUT2D eigenvalue weighted by Gasteiger charge is -2.35. The van der Waals surface area contributed by atoms with Gasteiger partial charge in [0.2, 0.25) is 0 Å². The molecule has 1 heterocycles. The fraction of sp³-hybridized carbons (Fsp3) is 0.125. The minimum absolute atomic E-state index is 0.109. The predicted octanol–water partition coefficient (Wildman–Crippen LogP) is 4.26. The molecule has 1 spiro atoms. The Morgan fingerprint density at radius 2 is 1.47 bits per heavy atom. The third kappa shape index (κ3) is 1.96. The smallest absolute Gasteiger partial charge is 0.252 e. The summed E-state index contributed by atoms with van der Waals surface area (Å²) >= 11 is 12.5. The number of hydrogen-bond acceptors (Lipinski definition) is 3. The van der Waals surface area contributed by atoms with E-state index in [2.05, 4.69) is 5.32 Å². The number of carbonyl (C=O) groups excluding carboxylic acids is 3. The summed E-state index contributed by atoms with van der Waals surface area (Å²) in [5.74, 6) is -1.74. The van der Waals surface area contributed by atoms with E-state index in [1.165, 1.54) is 6.07 Å². The zero-order valence-corrected chi connectivity index (χ0v) is 16.9. The average molecular weight is 434 g/mol. The van der Waals surface area contributed by atoms with Crippen LogP contribution in [-0.2, 0) is 15.1 Å². The molecule has 0 bridgehead atoms. The lowest BCUT2D eigenvalue weighted by molar-refractivity contribution is -0.126. The maximum absolute atomic E-state index is 13.8. The molecule has 6 rings (SSSR count). The van der Waals surface area contributed by atoms with Crippen LogP contribution in [0.2, 0.25) is 10.0 Å². The highest BCUT2D eigenvalue weighted by molar-refractivity contribution is 6.42. The van der Waals surface area contributed by atoms with Crippen molar-refractivity contribution in [3.05, 3.63) is 98.6 Å². The number of Topliss-reactive ketones (excluding diaryl/α,β-unsaturated/α-hetero) is 2. The van der Waals surface area contributed by atoms with Gasteiger partial charge in [0.25, 0.3) is 5.91 Å². The molecule has 0 saturated carbocycles. The Morgan fingerprint density at radius 3 is 2.23 bits per heavy atom. The van der Waals surface area contributed by atoms with E-state index < -0.39 is 17.4 Å². The molecule has 2 aromatic rings. The second kappa shape index (κ2) is 5.81. The van der Waals surface area contributed by atoms with Crippen LogP contribution in [0.1, 0.15) is 27.0 Å². The SMILES string of the molecule is O=C1NC2(C3=C(C(=O)C4C=CC=CC4C3=O)c3ccccc32)c2cc(Cl)c(Cl)cc21. The van der Waals surface area contributed by atoms with Crippen LogP contribution in [0.4, 0.5) is 0 Å². The highest BCUT2D eigenvalue weighted by Crippen LogP contribution is 2.57. The molecular weight excluding hydrogens is 421 g/mol. The molecule has 3 aliphatic carbocycles. The van der Waals surface area contributed by atoms with Crippen LogP contribution in [0.5, 0.6) is 0 Å². The van der Waals surface area contributed by atoms with Crippen molar-refractivity contribution in [3.8, 4) is 0 Å². The number of benzene rings is 2. The molecule has 0 fully saturated rings. The number of amides is 1. The van der Waals surface area contributed by atoms with Crippen molar-refractivity contribution in [1.82, 2.24) is 5.32 Å². The van der Waals surface area contributed by atoms with Crippen molar-refractivity contribution in [1.29, 1.82) is 0 Å². The van der Waals surface area contributed by atoms with Crippen molar-refractivity contribution in [2.75, 3.05) is 0 Å². The molecule has 146 valence electrons. The zero-order chi connectivity index (χ0) is 20.8. The fourth-order valence-electron chi connectivity index (χ4n) is 5.25. The Kier molecular flexibility index (Phi) is 3.46. The van der Waals surface area contributed by atoms with Crippen molar-refractivity contribution in [2.24, 2.45) is 11.8 Å². The lowest BCUT2D eigenvalue weighted by atomic mass is 9.68. The number of carbonyl (C=O) groups is 3. The molecule has 3 unspecified atom stereocenters. The zero-order valence-electron chi connectivity index (χ0n) is 15.4. The van der Waals surface area contributed by atoms with E-state index in [9.17, 15) is 14.4 Å². The summed E-state index contributed by atoms with van der Waals surface area (Å²) in [6.07, 6.45) is 7.12. The number of allylic oxidation sites excluding steroid dienone is 5. The molecule has 1 aliphatic heterocycles. The number of ketones is 2. The number of nitrogens with one attached hydrogen (secondary N) is 1. The van der Waals surface area contributed by atoms with Crippen molar-refractivity contribution < 1.29 is 14.4 Å². The third-order valence-electron chi connectivity index (χ3n) is 6.47. The molecule has 0 saturated heterocycles. The maximum atomic E-state index is 13.8. The van der Waals surface area contributed by atoms with Gasteiger partial charge >= 0.3 is 0 Å². The van der Waals surface area contributed by atoms with E-state index in [1.54, 1.807) is 30.4 Å². The normalized spacial score (nSPS) is 27.9. The van der Waals surface area contributed by atoms with E-state index in [-0.39, 0.29) is 27.5 Å². The van der Waals surface area contributed by atoms with Gasteiger partial charge in [0.15, 0.2) is 11.6 Å². The standard InChI is InChI=1S/C24H13Cl2NO3/c25-17-9-14-16(10-18(17)26)24(27-23(14)30)15-8-4-3-7-13(15)19-20(24)22(29)12-6-2-1-5-11(12)21(19)28/h1-12H,(H,27,30). The largest absolute Gasteiger partial charge is 0.334 e. The Hall–Kier alpha value is -2.95. The van der Waals surface area contributed by atoms with Crippen LogP contribution in [0, 0.1) is 11.8 Å². The Labute approximate surface area is 181 Å². The van der Waals surface area contributed by atoms with E-state index in [0.29, 0.717) is 33.4 Å². The van der Waals surface area contributed by atoms with Crippen molar-refractivity contribution >= 4 is 46.2 Å². The second-order valence-corrected chi connectivity index (χ2v) is 8.68. The van der Waals surface area contributed by atoms with Gasteiger partial charge in [-0.1, -0.05) is 71.8 Å². The Morgan fingerprint density at radius 1 is 0.800 bits per heavy atom. The highest BCUT2D eigenvalue weighted by Gasteiger charge is 2.59. The molecule has 4 aliphatic rings. The summed E-state index contributed by atoms with van der Waals surface area (Å²) in [5, 5.41) is 3.56. The fourth-order valence-corrected chi connectivity index (χ4v) is 5.58. The number of fused-ring (bicyclic) bond motifs is 7. The summed E-state index contributed by atoms with van der Waals surface area (Å²) in [6.45, 7) is 0. The molecule has 1 N–H and O–H groups in total. The van der Waals surface area contributed by atoms with Crippen LogP contribution in [0.15, 0.2) is 66.3 Å². The quantitative estimate of drug-likeness (QED) is 0.674. The van der Waals surface area contributed by atoms with Gasteiger partial charge < -0.3 is 5.32 Å². The van der Waals surface area contributed by atoms with Gasteiger partial charge in [0.05, 0.1) is 21.9 Å². The van der Waals surface area contributed by atoms with E-state index in [1.807, 2.05) is 24.3 Å². The van der Waals surface area contributed by atoms with Gasteiger partial charge in [-0.2, -0.15) is 0 Å². The highest BCUT2D eigenvalue weighted by atomic mass is 35.5. The summed E-state index contributed by atoms with van der Waals surface area (Å²) in [4.78, 5) is 40.3. The third-order valence-corrected chi connectivity index (χ3v) is 7.19.